The second-order valence-electron chi connectivity index (χ2n) is 5.12. The molecular weight excluding hydrogens is 218 g/mol. The largest absolute Gasteiger partial charge is 0.369 e. The number of nitrogens with zero attached hydrogens (tertiary/aromatic N) is 1. The van der Waals surface area contributed by atoms with Crippen molar-refractivity contribution >= 4 is 12.2 Å². The summed E-state index contributed by atoms with van der Waals surface area (Å²) in [6.07, 6.45) is 6.72. The molecule has 1 saturated carbocycles. The van der Waals surface area contributed by atoms with Crippen LogP contribution in [0.3, 0.4) is 0 Å². The number of amides is 1. The summed E-state index contributed by atoms with van der Waals surface area (Å²) in [5, 5.41) is 2.06. The maximum atomic E-state index is 11.0. The highest BCUT2D eigenvalue weighted by Crippen LogP contribution is 2.25. The number of rotatable bonds is 4. The van der Waals surface area contributed by atoms with Gasteiger partial charge in [0.2, 0.25) is 5.91 Å². The van der Waals surface area contributed by atoms with Gasteiger partial charge >= 0.3 is 0 Å². The van der Waals surface area contributed by atoms with Crippen molar-refractivity contribution in [2.75, 3.05) is 6.54 Å². The molecule has 1 amide bonds. The van der Waals surface area contributed by atoms with Crippen molar-refractivity contribution in [1.82, 2.24) is 10.4 Å². The first-order valence-electron chi connectivity index (χ1n) is 6.48. The number of aldehydes is 1. The Kier molecular flexibility index (Phi) is 4.12. The fraction of sp³-hybridized carbons (Fsp3) is 0.833. The molecule has 2 aliphatic rings. The molecule has 0 aromatic carbocycles. The monoisotopic (exact) mass is 239 g/mol. The fourth-order valence-electron chi connectivity index (χ4n) is 2.84. The molecule has 2 fully saturated rings. The van der Waals surface area contributed by atoms with E-state index < -0.39 is 0 Å². The molecule has 1 aliphatic carbocycles. The molecule has 2 rings (SSSR count). The predicted octanol–water partition coefficient (Wildman–Crippen LogP) is 0.198. The number of hydrazine groups is 1. The zero-order valence-electron chi connectivity index (χ0n) is 10.1. The number of nitrogens with one attached hydrogen (secondary N) is 1. The minimum absolute atomic E-state index is 0.0314. The third kappa shape index (κ3) is 3.04. The summed E-state index contributed by atoms with van der Waals surface area (Å²) in [7, 11) is 0. The Morgan fingerprint density at radius 1 is 1.24 bits per heavy atom. The topological polar surface area (TPSA) is 75.4 Å². The lowest BCUT2D eigenvalue weighted by molar-refractivity contribution is -0.122. The quantitative estimate of drug-likeness (QED) is 0.687. The van der Waals surface area contributed by atoms with Crippen molar-refractivity contribution in [1.29, 1.82) is 0 Å². The van der Waals surface area contributed by atoms with Gasteiger partial charge in [0.1, 0.15) is 6.29 Å². The summed E-state index contributed by atoms with van der Waals surface area (Å²) in [6.45, 7) is 0.944. The molecule has 1 atom stereocenters. The van der Waals surface area contributed by atoms with Gasteiger partial charge in [0, 0.05) is 18.5 Å². The zero-order valence-corrected chi connectivity index (χ0v) is 10.1. The van der Waals surface area contributed by atoms with Crippen LogP contribution in [0.2, 0.25) is 0 Å². The smallest absolute Gasteiger partial charge is 0.220 e. The Morgan fingerprint density at radius 2 is 1.94 bits per heavy atom. The van der Waals surface area contributed by atoms with Crippen LogP contribution in [-0.4, -0.2) is 35.8 Å². The van der Waals surface area contributed by atoms with Crippen LogP contribution in [0.15, 0.2) is 0 Å². The van der Waals surface area contributed by atoms with E-state index in [2.05, 4.69) is 10.4 Å². The van der Waals surface area contributed by atoms with Crippen LogP contribution in [-0.2, 0) is 9.59 Å². The second-order valence-corrected chi connectivity index (χ2v) is 5.12. The standard InChI is InChI=1S/C12H21N3O2/c13-12(17)9-3-5-10(6-4-9)14-15-7-1-2-11(15)8-16/h8-11,14H,1-7H2,(H2,13,17)/t9?,10?,11-/m0/s1. The molecule has 0 unspecified atom stereocenters. The van der Waals surface area contributed by atoms with Crippen molar-refractivity contribution in [3.05, 3.63) is 0 Å². The molecule has 5 nitrogen and oxygen atoms in total. The third-order valence-electron chi connectivity index (χ3n) is 3.93. The maximum Gasteiger partial charge on any atom is 0.220 e. The average Bonchev–Trinajstić information content (AvgIpc) is 2.77. The van der Waals surface area contributed by atoms with Gasteiger partial charge in [-0.05, 0) is 38.5 Å². The Hall–Kier alpha value is -0.940. The van der Waals surface area contributed by atoms with E-state index in [0.29, 0.717) is 6.04 Å². The second kappa shape index (κ2) is 5.60. The lowest BCUT2D eigenvalue weighted by atomic mass is 9.86. The summed E-state index contributed by atoms with van der Waals surface area (Å²) >= 11 is 0. The molecule has 1 aliphatic heterocycles. The normalized spacial score (nSPS) is 34.7. The lowest BCUT2D eigenvalue weighted by Crippen LogP contribution is -2.49. The summed E-state index contributed by atoms with van der Waals surface area (Å²) in [4.78, 5) is 21.9. The van der Waals surface area contributed by atoms with Crippen LogP contribution in [0, 0.1) is 5.92 Å². The van der Waals surface area contributed by atoms with E-state index in [1.807, 2.05) is 0 Å². The van der Waals surface area contributed by atoms with E-state index in [0.717, 1.165) is 51.4 Å². The van der Waals surface area contributed by atoms with E-state index in [4.69, 9.17) is 5.73 Å². The summed E-state index contributed by atoms with van der Waals surface area (Å²) in [5.41, 5.74) is 8.73. The highest BCUT2D eigenvalue weighted by atomic mass is 16.1. The Labute approximate surface area is 102 Å². The molecule has 1 saturated heterocycles. The number of nitrogens with two attached hydrogens (primary N) is 1. The molecule has 0 aromatic rings. The van der Waals surface area contributed by atoms with E-state index in [1.165, 1.54) is 0 Å². The van der Waals surface area contributed by atoms with Gasteiger partial charge in [-0.3, -0.25) is 10.2 Å². The molecule has 96 valence electrons. The van der Waals surface area contributed by atoms with E-state index in [-0.39, 0.29) is 17.9 Å². The van der Waals surface area contributed by atoms with E-state index >= 15 is 0 Å². The van der Waals surface area contributed by atoms with Crippen LogP contribution in [0.4, 0.5) is 0 Å². The predicted molar refractivity (Wildman–Crippen MR) is 63.9 cm³/mol. The minimum atomic E-state index is -0.171. The highest BCUT2D eigenvalue weighted by molar-refractivity contribution is 5.76. The third-order valence-corrected chi connectivity index (χ3v) is 3.93. The first kappa shape index (κ1) is 12.5. The molecule has 0 spiro atoms. The fourth-order valence-corrected chi connectivity index (χ4v) is 2.84. The van der Waals surface area contributed by atoms with Gasteiger partial charge in [0.05, 0.1) is 6.04 Å². The van der Waals surface area contributed by atoms with Crippen molar-refractivity contribution in [3.8, 4) is 0 Å². The summed E-state index contributed by atoms with van der Waals surface area (Å²) < 4.78 is 0. The van der Waals surface area contributed by atoms with Gasteiger partial charge < -0.3 is 10.5 Å². The SMILES string of the molecule is NC(=O)C1CCC(NN2CCC[C@H]2C=O)CC1. The highest BCUT2D eigenvalue weighted by Gasteiger charge is 2.29. The number of carbonyl (C=O) groups is 2. The Balaban J connectivity index is 1.78. The van der Waals surface area contributed by atoms with Gasteiger partial charge in [-0.15, -0.1) is 0 Å². The van der Waals surface area contributed by atoms with Crippen molar-refractivity contribution < 1.29 is 9.59 Å². The molecule has 0 radical (unpaired) electrons. The minimum Gasteiger partial charge on any atom is -0.369 e. The molecule has 0 bridgehead atoms. The molecule has 1 heterocycles. The molecule has 3 N–H and O–H groups in total. The number of hydrogen-bond donors (Lipinski definition) is 2. The number of carbonyl (C=O) groups excluding carboxylic acids is 2. The van der Waals surface area contributed by atoms with Gasteiger partial charge in [0.15, 0.2) is 0 Å². The Morgan fingerprint density at radius 3 is 2.53 bits per heavy atom. The first-order valence-corrected chi connectivity index (χ1v) is 6.48. The maximum absolute atomic E-state index is 11.0. The average molecular weight is 239 g/mol. The van der Waals surface area contributed by atoms with Gasteiger partial charge in [-0.1, -0.05) is 0 Å². The molecule has 5 heteroatoms. The van der Waals surface area contributed by atoms with Crippen LogP contribution in [0.5, 0.6) is 0 Å². The van der Waals surface area contributed by atoms with Gasteiger partial charge in [-0.25, -0.2) is 5.01 Å². The van der Waals surface area contributed by atoms with Crippen molar-refractivity contribution in [2.45, 2.75) is 50.6 Å². The van der Waals surface area contributed by atoms with Crippen LogP contribution in [0.1, 0.15) is 38.5 Å². The van der Waals surface area contributed by atoms with E-state index in [9.17, 15) is 9.59 Å². The zero-order chi connectivity index (χ0) is 12.3. The first-order chi connectivity index (χ1) is 8.20. The van der Waals surface area contributed by atoms with Gasteiger partial charge in [0.25, 0.3) is 0 Å². The van der Waals surface area contributed by atoms with Crippen LogP contribution in [0.25, 0.3) is 0 Å². The summed E-state index contributed by atoms with van der Waals surface area (Å²) in [5.74, 6) is -0.121. The lowest BCUT2D eigenvalue weighted by Gasteiger charge is -2.32. The van der Waals surface area contributed by atoms with Gasteiger partial charge in [-0.2, -0.15) is 0 Å². The summed E-state index contributed by atoms with van der Waals surface area (Å²) in [6, 6.07) is 0.426. The van der Waals surface area contributed by atoms with Crippen LogP contribution < -0.4 is 11.2 Å². The van der Waals surface area contributed by atoms with Crippen molar-refractivity contribution in [3.63, 3.8) is 0 Å². The Bertz CT molecular complexity index is 287. The molecule has 0 aromatic heterocycles. The number of hydrogen-bond acceptors (Lipinski definition) is 4. The molecule has 17 heavy (non-hydrogen) atoms. The molecular formula is C12H21N3O2. The van der Waals surface area contributed by atoms with Crippen LogP contribution >= 0.6 is 0 Å². The number of primary amides is 1. The van der Waals surface area contributed by atoms with E-state index in [1.54, 1.807) is 0 Å². The van der Waals surface area contributed by atoms with Crippen molar-refractivity contribution in [2.24, 2.45) is 11.7 Å².